The van der Waals surface area contributed by atoms with Crippen molar-refractivity contribution in [3.63, 3.8) is 0 Å². The van der Waals surface area contributed by atoms with Crippen molar-refractivity contribution in [2.75, 3.05) is 6.61 Å². The summed E-state index contributed by atoms with van der Waals surface area (Å²) in [6.07, 6.45) is -2.69. The highest BCUT2D eigenvalue weighted by molar-refractivity contribution is 6.66. The predicted molar refractivity (Wildman–Crippen MR) is 38.8 cm³/mol. The normalized spacial score (nSPS) is 24.8. The van der Waals surface area contributed by atoms with Gasteiger partial charge in [0, 0.05) is 0 Å². The average Bonchev–Trinajstić information content (AvgIpc) is 2.33. The average molecular weight is 188 g/mol. The van der Waals surface area contributed by atoms with E-state index in [1.807, 2.05) is 0 Å². The fourth-order valence-corrected chi connectivity index (χ4v) is 0.910. The minimum atomic E-state index is -1.36. The van der Waals surface area contributed by atoms with Crippen molar-refractivity contribution in [1.82, 2.24) is 0 Å². The SMILES string of the molecule is N=C1C(=O)OC(C(O)CON)C1=O. The zero-order valence-corrected chi connectivity index (χ0v) is 6.52. The predicted octanol–water partition coefficient (Wildman–Crippen LogP) is -2.25. The molecule has 1 aliphatic heterocycles. The molecular formula is C6H8N2O5. The van der Waals surface area contributed by atoms with Crippen LogP contribution in [0.2, 0.25) is 0 Å². The molecule has 0 aliphatic carbocycles. The van der Waals surface area contributed by atoms with Gasteiger partial charge in [0.15, 0.2) is 11.8 Å². The van der Waals surface area contributed by atoms with Crippen molar-refractivity contribution < 1.29 is 24.3 Å². The van der Waals surface area contributed by atoms with Crippen molar-refractivity contribution in [2.45, 2.75) is 12.2 Å². The highest BCUT2D eigenvalue weighted by atomic mass is 16.6. The van der Waals surface area contributed by atoms with Crippen molar-refractivity contribution in [1.29, 1.82) is 5.41 Å². The Morgan fingerprint density at radius 1 is 1.69 bits per heavy atom. The molecule has 0 amide bonds. The Morgan fingerprint density at radius 3 is 2.69 bits per heavy atom. The van der Waals surface area contributed by atoms with Gasteiger partial charge in [0.25, 0.3) is 0 Å². The fourth-order valence-electron chi connectivity index (χ4n) is 0.910. The minimum absolute atomic E-state index is 0.336. The van der Waals surface area contributed by atoms with Crippen LogP contribution in [0.5, 0.6) is 0 Å². The van der Waals surface area contributed by atoms with E-state index in [1.165, 1.54) is 0 Å². The minimum Gasteiger partial charge on any atom is -0.446 e. The molecule has 1 rings (SSSR count). The van der Waals surface area contributed by atoms with Crippen LogP contribution in [0.3, 0.4) is 0 Å². The molecule has 0 spiro atoms. The van der Waals surface area contributed by atoms with E-state index in [0.717, 1.165) is 0 Å². The Bertz CT molecular complexity index is 264. The van der Waals surface area contributed by atoms with E-state index in [-0.39, 0.29) is 6.61 Å². The van der Waals surface area contributed by atoms with Gasteiger partial charge in [-0.1, -0.05) is 0 Å². The topological polar surface area (TPSA) is 123 Å². The number of hydrogen-bond donors (Lipinski definition) is 3. The van der Waals surface area contributed by atoms with Crippen LogP contribution in [-0.2, 0) is 19.2 Å². The summed E-state index contributed by atoms with van der Waals surface area (Å²) in [6.45, 7) is -0.336. The standard InChI is InChI=1S/C6H8N2O5/c7-3-4(10)5(13-6(3)11)2(9)1-12-8/h2,5,7,9H,1,8H2. The molecule has 0 aromatic heterocycles. The first-order chi connectivity index (χ1) is 6.07. The summed E-state index contributed by atoms with van der Waals surface area (Å²) in [5.74, 6) is 2.76. The zero-order chi connectivity index (χ0) is 10.0. The Hall–Kier alpha value is -1.31. The third-order valence-corrected chi connectivity index (χ3v) is 1.56. The van der Waals surface area contributed by atoms with Gasteiger partial charge in [0.05, 0.1) is 6.61 Å². The lowest BCUT2D eigenvalue weighted by Crippen LogP contribution is -2.37. The molecular weight excluding hydrogens is 180 g/mol. The Balaban J connectivity index is 2.68. The number of aliphatic hydroxyl groups excluding tert-OH is 1. The molecule has 0 bridgehead atoms. The summed E-state index contributed by atoms with van der Waals surface area (Å²) in [5, 5.41) is 16.1. The van der Waals surface area contributed by atoms with Crippen molar-refractivity contribution >= 4 is 17.5 Å². The van der Waals surface area contributed by atoms with E-state index in [9.17, 15) is 9.59 Å². The largest absolute Gasteiger partial charge is 0.446 e. The second kappa shape index (κ2) is 3.60. The van der Waals surface area contributed by atoms with Crippen molar-refractivity contribution in [3.8, 4) is 0 Å². The number of nitrogens with two attached hydrogens (primary N) is 1. The fraction of sp³-hybridized carbons (Fsp3) is 0.500. The first-order valence-corrected chi connectivity index (χ1v) is 3.41. The lowest BCUT2D eigenvalue weighted by Gasteiger charge is -2.12. The Kier molecular flexibility index (Phi) is 2.71. The number of nitrogens with one attached hydrogen (secondary N) is 1. The summed E-state index contributed by atoms with van der Waals surface area (Å²) < 4.78 is 4.40. The van der Waals surface area contributed by atoms with Crippen molar-refractivity contribution in [3.05, 3.63) is 0 Å². The van der Waals surface area contributed by atoms with Gasteiger partial charge in [-0.05, 0) is 0 Å². The molecule has 0 aromatic carbocycles. The summed E-state index contributed by atoms with van der Waals surface area (Å²) in [5.41, 5.74) is -0.763. The summed E-state index contributed by atoms with van der Waals surface area (Å²) in [7, 11) is 0. The number of carbonyl (C=O) groups excluding carboxylic acids is 2. The molecule has 1 saturated heterocycles. The first kappa shape index (κ1) is 9.78. The first-order valence-electron chi connectivity index (χ1n) is 3.41. The second-order valence-electron chi connectivity index (χ2n) is 2.47. The van der Waals surface area contributed by atoms with Gasteiger partial charge >= 0.3 is 5.97 Å². The van der Waals surface area contributed by atoms with E-state index in [0.29, 0.717) is 0 Å². The molecule has 1 aliphatic rings. The van der Waals surface area contributed by atoms with Crippen LogP contribution in [0.4, 0.5) is 0 Å². The monoisotopic (exact) mass is 188 g/mol. The van der Waals surface area contributed by atoms with Crippen LogP contribution in [0.15, 0.2) is 0 Å². The van der Waals surface area contributed by atoms with Crippen LogP contribution >= 0.6 is 0 Å². The highest BCUT2D eigenvalue weighted by Gasteiger charge is 2.43. The number of esters is 1. The highest BCUT2D eigenvalue weighted by Crippen LogP contribution is 2.11. The molecule has 1 fully saturated rings. The van der Waals surface area contributed by atoms with E-state index in [1.54, 1.807) is 0 Å². The molecule has 7 nitrogen and oxygen atoms in total. The molecule has 1 heterocycles. The maximum atomic E-state index is 11.0. The maximum absolute atomic E-state index is 11.0. The molecule has 4 N–H and O–H groups in total. The van der Waals surface area contributed by atoms with Crippen LogP contribution in [0.1, 0.15) is 0 Å². The van der Waals surface area contributed by atoms with Crippen LogP contribution in [-0.4, -0.2) is 41.4 Å². The number of rotatable bonds is 3. The molecule has 7 heteroatoms. The van der Waals surface area contributed by atoms with Crippen LogP contribution < -0.4 is 5.90 Å². The molecule has 72 valence electrons. The number of Topliss-reactive ketones (excluding diaryl/α,β-unsaturated/α-hetero) is 1. The third-order valence-electron chi connectivity index (χ3n) is 1.56. The molecule has 0 radical (unpaired) electrons. The van der Waals surface area contributed by atoms with Gasteiger partial charge in [-0.25, -0.2) is 10.7 Å². The molecule has 0 aromatic rings. The second-order valence-corrected chi connectivity index (χ2v) is 2.47. The molecule has 0 saturated carbocycles. The smallest absolute Gasteiger partial charge is 0.360 e. The lowest BCUT2D eigenvalue weighted by atomic mass is 10.1. The molecule has 13 heavy (non-hydrogen) atoms. The van der Waals surface area contributed by atoms with Gasteiger partial charge in [0.2, 0.25) is 5.78 Å². The maximum Gasteiger partial charge on any atom is 0.360 e. The zero-order valence-electron chi connectivity index (χ0n) is 6.52. The number of ether oxygens (including phenoxy) is 1. The van der Waals surface area contributed by atoms with E-state index in [4.69, 9.17) is 10.5 Å². The summed E-state index contributed by atoms with van der Waals surface area (Å²) in [4.78, 5) is 25.7. The number of carbonyl (C=O) groups is 2. The van der Waals surface area contributed by atoms with Gasteiger partial charge in [-0.3, -0.25) is 10.2 Å². The Labute approximate surface area is 72.9 Å². The van der Waals surface area contributed by atoms with Gasteiger partial charge < -0.3 is 14.7 Å². The third kappa shape index (κ3) is 1.72. The van der Waals surface area contributed by atoms with Crippen LogP contribution in [0, 0.1) is 5.41 Å². The van der Waals surface area contributed by atoms with E-state index < -0.39 is 29.7 Å². The number of aliphatic hydroxyl groups is 1. The lowest BCUT2D eigenvalue weighted by molar-refractivity contribution is -0.148. The van der Waals surface area contributed by atoms with Gasteiger partial charge in [-0.2, -0.15) is 0 Å². The number of ketones is 1. The van der Waals surface area contributed by atoms with Crippen LogP contribution in [0.25, 0.3) is 0 Å². The number of hydrogen-bond acceptors (Lipinski definition) is 7. The van der Waals surface area contributed by atoms with Gasteiger partial charge in [0.1, 0.15) is 6.10 Å². The van der Waals surface area contributed by atoms with Crippen molar-refractivity contribution in [2.24, 2.45) is 5.90 Å². The molecule has 2 atom stereocenters. The van der Waals surface area contributed by atoms with Gasteiger partial charge in [-0.15, -0.1) is 0 Å². The quantitative estimate of drug-likeness (QED) is 0.339. The summed E-state index contributed by atoms with van der Waals surface area (Å²) in [6, 6.07) is 0. The Morgan fingerprint density at radius 2 is 2.31 bits per heavy atom. The summed E-state index contributed by atoms with van der Waals surface area (Å²) >= 11 is 0. The van der Waals surface area contributed by atoms with E-state index in [2.05, 4.69) is 15.5 Å². The van der Waals surface area contributed by atoms with E-state index >= 15 is 0 Å². The number of cyclic esters (lactones) is 1. The molecule has 2 unspecified atom stereocenters.